The fourth-order valence-electron chi connectivity index (χ4n) is 4.74. The molecule has 1 aromatic rings. The molecule has 2 aliphatic heterocycles. The number of aliphatic hydroxyl groups excluding tert-OH is 1. The quantitative estimate of drug-likeness (QED) is 0.720. The zero-order valence-corrected chi connectivity index (χ0v) is 18.4. The Kier molecular flexibility index (Phi) is 7.00. The molecule has 31 heavy (non-hydrogen) atoms. The maximum atomic E-state index is 13.5. The average Bonchev–Trinajstić information content (AvgIpc) is 3.65. The molecule has 7 heteroatoms. The van der Waals surface area contributed by atoms with E-state index in [0.717, 1.165) is 44.9 Å². The fourth-order valence-corrected chi connectivity index (χ4v) is 4.74. The van der Waals surface area contributed by atoms with Gasteiger partial charge in [0.2, 0.25) is 5.91 Å². The van der Waals surface area contributed by atoms with Gasteiger partial charge in [0, 0.05) is 51.0 Å². The van der Waals surface area contributed by atoms with E-state index < -0.39 is 0 Å². The van der Waals surface area contributed by atoms with E-state index in [1.54, 1.807) is 13.2 Å². The normalized spacial score (nSPS) is 22.3. The first-order chi connectivity index (χ1) is 15.1. The fraction of sp³-hybridized carbons (Fsp3) is 0.667. The third-order valence-electron chi connectivity index (χ3n) is 6.74. The largest absolute Gasteiger partial charge is 0.497 e. The third kappa shape index (κ3) is 5.14. The Bertz CT molecular complexity index is 784. The predicted octanol–water partition coefficient (Wildman–Crippen LogP) is 2.85. The van der Waals surface area contributed by atoms with Crippen molar-refractivity contribution in [2.45, 2.75) is 63.5 Å². The molecule has 0 spiro atoms. The summed E-state index contributed by atoms with van der Waals surface area (Å²) in [5.74, 6) is 1.68. The van der Waals surface area contributed by atoms with Crippen molar-refractivity contribution in [3.8, 4) is 11.5 Å². The van der Waals surface area contributed by atoms with Gasteiger partial charge in [-0.15, -0.1) is 0 Å². The lowest BCUT2D eigenvalue weighted by Gasteiger charge is -2.36. The van der Waals surface area contributed by atoms with Crippen LogP contribution in [0, 0.1) is 5.92 Å². The van der Waals surface area contributed by atoms with Crippen LogP contribution in [-0.2, 0) is 4.79 Å². The van der Waals surface area contributed by atoms with Crippen molar-refractivity contribution in [2.75, 3.05) is 33.4 Å². The maximum Gasteiger partial charge on any atom is 0.258 e. The van der Waals surface area contributed by atoms with Gasteiger partial charge in [0.1, 0.15) is 17.6 Å². The van der Waals surface area contributed by atoms with Gasteiger partial charge in [0.25, 0.3) is 5.91 Å². The van der Waals surface area contributed by atoms with E-state index in [4.69, 9.17) is 9.47 Å². The van der Waals surface area contributed by atoms with Gasteiger partial charge < -0.3 is 24.4 Å². The van der Waals surface area contributed by atoms with Gasteiger partial charge in [-0.2, -0.15) is 0 Å². The molecule has 2 heterocycles. The van der Waals surface area contributed by atoms with Gasteiger partial charge in [-0.3, -0.25) is 9.59 Å². The minimum Gasteiger partial charge on any atom is -0.497 e. The van der Waals surface area contributed by atoms with Crippen LogP contribution in [0.1, 0.15) is 61.7 Å². The Hall–Kier alpha value is -2.28. The highest BCUT2D eigenvalue weighted by Gasteiger charge is 2.35. The van der Waals surface area contributed by atoms with Crippen LogP contribution in [0.3, 0.4) is 0 Å². The zero-order valence-electron chi connectivity index (χ0n) is 18.4. The number of carbonyl (C=O) groups excluding carboxylic acids is 2. The highest BCUT2D eigenvalue weighted by molar-refractivity contribution is 5.97. The van der Waals surface area contributed by atoms with Crippen molar-refractivity contribution in [1.29, 1.82) is 0 Å². The van der Waals surface area contributed by atoms with Crippen LogP contribution >= 0.6 is 0 Å². The standard InChI is InChI=1S/C24H34N2O5/c1-30-20-7-8-22(31-19-9-13-25(14-10-19)23(28)17-5-6-17)21(16-20)24(29)26-12-3-2-4-18(26)11-15-27/h7-8,16-19,27H,2-6,9-15H2,1H3/t18-/m1/s1. The zero-order chi connectivity index (χ0) is 21.8. The summed E-state index contributed by atoms with van der Waals surface area (Å²) in [6, 6.07) is 5.45. The Morgan fingerprint density at radius 2 is 1.84 bits per heavy atom. The number of piperidine rings is 2. The molecule has 4 rings (SSSR count). The highest BCUT2D eigenvalue weighted by Crippen LogP contribution is 2.33. The number of rotatable bonds is 7. The van der Waals surface area contributed by atoms with Gasteiger partial charge in [0.15, 0.2) is 0 Å². The van der Waals surface area contributed by atoms with Crippen LogP contribution in [-0.4, -0.2) is 72.2 Å². The first-order valence-electron chi connectivity index (χ1n) is 11.7. The molecule has 3 fully saturated rings. The summed E-state index contributed by atoms with van der Waals surface area (Å²) in [7, 11) is 1.59. The number of hydrogen-bond donors (Lipinski definition) is 1. The Morgan fingerprint density at radius 3 is 2.52 bits per heavy atom. The number of carbonyl (C=O) groups is 2. The molecule has 2 saturated heterocycles. The first-order valence-corrected chi connectivity index (χ1v) is 11.7. The van der Waals surface area contributed by atoms with Crippen LogP contribution < -0.4 is 9.47 Å². The lowest BCUT2D eigenvalue weighted by atomic mass is 9.98. The van der Waals surface area contributed by atoms with Crippen LogP contribution in [0.5, 0.6) is 11.5 Å². The molecule has 0 bridgehead atoms. The monoisotopic (exact) mass is 430 g/mol. The molecule has 0 radical (unpaired) electrons. The van der Waals surface area contributed by atoms with Gasteiger partial charge >= 0.3 is 0 Å². The topological polar surface area (TPSA) is 79.3 Å². The number of nitrogens with zero attached hydrogens (tertiary/aromatic N) is 2. The summed E-state index contributed by atoms with van der Waals surface area (Å²) >= 11 is 0. The summed E-state index contributed by atoms with van der Waals surface area (Å²) < 4.78 is 11.7. The molecule has 7 nitrogen and oxygen atoms in total. The molecule has 0 unspecified atom stereocenters. The molecule has 1 aliphatic carbocycles. The van der Waals surface area contributed by atoms with Crippen LogP contribution in [0.4, 0.5) is 0 Å². The lowest BCUT2D eigenvalue weighted by molar-refractivity contribution is -0.134. The maximum absolute atomic E-state index is 13.5. The van der Waals surface area contributed by atoms with Gasteiger partial charge in [0.05, 0.1) is 12.7 Å². The van der Waals surface area contributed by atoms with Crippen LogP contribution in [0.15, 0.2) is 18.2 Å². The first kappa shape index (κ1) is 21.9. The van der Waals surface area contributed by atoms with Crippen molar-refractivity contribution in [3.05, 3.63) is 23.8 Å². The summed E-state index contributed by atoms with van der Waals surface area (Å²) in [6.07, 6.45) is 7.15. The number of amides is 2. The molecule has 1 aromatic carbocycles. The predicted molar refractivity (Wildman–Crippen MR) is 116 cm³/mol. The molecule has 1 N–H and O–H groups in total. The van der Waals surface area contributed by atoms with Crippen molar-refractivity contribution in [1.82, 2.24) is 9.80 Å². The van der Waals surface area contributed by atoms with E-state index >= 15 is 0 Å². The van der Waals surface area contributed by atoms with Crippen LogP contribution in [0.25, 0.3) is 0 Å². The summed E-state index contributed by atoms with van der Waals surface area (Å²) in [5.41, 5.74) is 0.515. The Balaban J connectivity index is 1.46. The van der Waals surface area contributed by atoms with E-state index in [-0.39, 0.29) is 30.6 Å². The highest BCUT2D eigenvalue weighted by atomic mass is 16.5. The van der Waals surface area contributed by atoms with Crippen molar-refractivity contribution < 1.29 is 24.2 Å². The van der Waals surface area contributed by atoms with Gasteiger partial charge in [-0.25, -0.2) is 0 Å². The van der Waals surface area contributed by atoms with E-state index in [9.17, 15) is 14.7 Å². The van der Waals surface area contributed by atoms with Crippen LogP contribution in [0.2, 0.25) is 0 Å². The SMILES string of the molecule is COc1ccc(OC2CCN(C(=O)C3CC3)CC2)c(C(=O)N2CCCC[C@@H]2CCO)c1. The second kappa shape index (κ2) is 9.90. The number of methoxy groups -OCH3 is 1. The van der Waals surface area contributed by atoms with E-state index in [1.807, 2.05) is 21.9 Å². The van der Waals surface area contributed by atoms with E-state index in [1.165, 1.54) is 0 Å². The molecule has 2 amide bonds. The molecule has 1 saturated carbocycles. The summed E-state index contributed by atoms with van der Waals surface area (Å²) in [6.45, 7) is 2.20. The summed E-state index contributed by atoms with van der Waals surface area (Å²) in [5, 5.41) is 9.43. The minimum absolute atomic E-state index is 0.0159. The molecule has 1 atom stereocenters. The van der Waals surface area contributed by atoms with Gasteiger partial charge in [-0.05, 0) is 56.7 Å². The number of likely N-dealkylation sites (tertiary alicyclic amines) is 2. The van der Waals surface area contributed by atoms with E-state index in [0.29, 0.717) is 49.0 Å². The van der Waals surface area contributed by atoms with Crippen molar-refractivity contribution in [3.63, 3.8) is 0 Å². The Morgan fingerprint density at radius 1 is 1.06 bits per heavy atom. The number of ether oxygens (including phenoxy) is 2. The third-order valence-corrected chi connectivity index (χ3v) is 6.74. The molecular weight excluding hydrogens is 396 g/mol. The average molecular weight is 431 g/mol. The molecular formula is C24H34N2O5. The van der Waals surface area contributed by atoms with Gasteiger partial charge in [-0.1, -0.05) is 0 Å². The number of aliphatic hydroxyl groups is 1. The minimum atomic E-state index is -0.0617. The van der Waals surface area contributed by atoms with E-state index in [2.05, 4.69) is 0 Å². The molecule has 0 aromatic heterocycles. The number of benzene rings is 1. The van der Waals surface area contributed by atoms with Crippen molar-refractivity contribution in [2.24, 2.45) is 5.92 Å². The second-order valence-electron chi connectivity index (χ2n) is 8.94. The second-order valence-corrected chi connectivity index (χ2v) is 8.94. The molecule has 3 aliphatic rings. The lowest BCUT2D eigenvalue weighted by Crippen LogP contribution is -2.44. The smallest absolute Gasteiger partial charge is 0.258 e. The number of hydrogen-bond acceptors (Lipinski definition) is 5. The summed E-state index contributed by atoms with van der Waals surface area (Å²) in [4.78, 5) is 29.6. The molecule has 170 valence electrons. The Labute approximate surface area is 184 Å². The van der Waals surface area contributed by atoms with Crippen molar-refractivity contribution >= 4 is 11.8 Å².